The van der Waals surface area contributed by atoms with Crippen LogP contribution in [0, 0.1) is 0 Å². The molecule has 90 heavy (non-hydrogen) atoms. The van der Waals surface area contributed by atoms with Gasteiger partial charge in [0.05, 0.1) is 19.4 Å². The first-order valence-electron chi connectivity index (χ1n) is 35.8. The highest BCUT2D eigenvalue weighted by Gasteiger charge is 2.51. The van der Waals surface area contributed by atoms with Gasteiger partial charge in [0.25, 0.3) is 0 Å². The van der Waals surface area contributed by atoms with Crippen LogP contribution in [0.4, 0.5) is 5.82 Å². The summed E-state index contributed by atoms with van der Waals surface area (Å²) in [5.74, 6) is -1.64. The van der Waals surface area contributed by atoms with Crippen LogP contribution in [0.1, 0.15) is 297 Å². The molecule has 2 fully saturated rings. The number of hydrogen-bond donors (Lipinski definition) is 9. The molecule has 2 aliphatic rings. The fourth-order valence-corrected chi connectivity index (χ4v) is 12.8. The Morgan fingerprint density at radius 1 is 0.522 bits per heavy atom. The van der Waals surface area contributed by atoms with E-state index in [4.69, 9.17) is 23.7 Å². The lowest BCUT2D eigenvalue weighted by Gasteiger charge is -2.45. The van der Waals surface area contributed by atoms with E-state index in [1.165, 1.54) is 185 Å². The average molecular weight is 1300 g/mol. The van der Waals surface area contributed by atoms with Crippen LogP contribution in [0.25, 0.3) is 0 Å². The van der Waals surface area contributed by atoms with Crippen LogP contribution in [0.3, 0.4) is 0 Å². The number of thioether (sulfide) groups is 1. The van der Waals surface area contributed by atoms with Crippen LogP contribution < -0.4 is 10.6 Å². The van der Waals surface area contributed by atoms with Gasteiger partial charge in [0.1, 0.15) is 67.6 Å². The van der Waals surface area contributed by atoms with Gasteiger partial charge in [-0.1, -0.05) is 257 Å². The van der Waals surface area contributed by atoms with Crippen molar-refractivity contribution in [3.63, 3.8) is 0 Å². The molecule has 1 aromatic heterocycles. The van der Waals surface area contributed by atoms with Gasteiger partial charge in [0, 0.05) is 30.8 Å². The fraction of sp³-hybridized carbons (Fsp3) is 0.912. The Balaban J connectivity index is 1.64. The Hall–Kier alpha value is -3.03. The molecule has 2 saturated heterocycles. The minimum atomic E-state index is -1.84. The molecule has 1 aromatic rings. The molecule has 3 rings (SSSR count). The SMILES string of the molecule is CCCCCCCCCCCCCCCC(=O)N[C@H](CSC[C@@H](COC(=O)CCCCCCCCCCCCCCC)OC(=O)CCCCCCCCCCCCCCC)C(=O)Nc1cn([C@@H]2OC(CO)C(OC3OC(CO)C(O)C(O)C3O)C(O)C2O)nn1. The molecule has 2 amide bonds. The third-order valence-corrected chi connectivity index (χ3v) is 18.6. The monoisotopic (exact) mass is 1300 g/mol. The number of hydrogen-bond acceptors (Lipinski definition) is 19. The maximum atomic E-state index is 14.2. The first-order valence-corrected chi connectivity index (χ1v) is 37.0. The molecule has 0 aliphatic carbocycles. The number of carbonyl (C=O) groups excluding carboxylic acids is 4. The van der Waals surface area contributed by atoms with E-state index in [2.05, 4.69) is 41.7 Å². The van der Waals surface area contributed by atoms with Crippen LogP contribution in [-0.4, -0.2) is 173 Å². The first-order chi connectivity index (χ1) is 43.8. The number of aliphatic hydroxyl groups excluding tert-OH is 7. The van der Waals surface area contributed by atoms with Crippen molar-refractivity contribution in [2.75, 3.05) is 36.6 Å². The van der Waals surface area contributed by atoms with Gasteiger partial charge in [-0.05, 0) is 19.3 Å². The van der Waals surface area contributed by atoms with Crippen LogP contribution in [0.15, 0.2) is 6.20 Å². The summed E-state index contributed by atoms with van der Waals surface area (Å²) >= 11 is 1.26. The second kappa shape index (κ2) is 52.3. The largest absolute Gasteiger partial charge is 0.462 e. The number of carbonyl (C=O) groups is 4. The van der Waals surface area contributed by atoms with Crippen molar-refractivity contribution in [1.82, 2.24) is 20.3 Å². The molecule has 2 aliphatic heterocycles. The van der Waals surface area contributed by atoms with Gasteiger partial charge in [-0.3, -0.25) is 19.2 Å². The number of nitrogens with zero attached hydrogens (tertiary/aromatic N) is 3. The quantitative estimate of drug-likeness (QED) is 0.0216. The molecular weight excluding hydrogens is 1170 g/mol. The average Bonchev–Trinajstić information content (AvgIpc) is 1.45. The summed E-state index contributed by atoms with van der Waals surface area (Å²) in [6.45, 7) is 5.04. The molecule has 0 spiro atoms. The number of esters is 2. The number of nitrogens with one attached hydrogen (secondary N) is 2. The Kier molecular flexibility index (Phi) is 47.2. The van der Waals surface area contributed by atoms with E-state index in [1.54, 1.807) is 0 Å². The Morgan fingerprint density at radius 2 is 0.956 bits per heavy atom. The molecular formula is C68H125N5O16S. The normalized spacial score (nSPS) is 22.5. The van der Waals surface area contributed by atoms with Gasteiger partial charge in [0.15, 0.2) is 18.3 Å². The van der Waals surface area contributed by atoms with Gasteiger partial charge >= 0.3 is 11.9 Å². The number of aromatic nitrogens is 3. The van der Waals surface area contributed by atoms with Gasteiger partial charge in [-0.15, -0.1) is 5.10 Å². The molecule has 0 bridgehead atoms. The number of anilines is 1. The minimum absolute atomic E-state index is 0.0365. The molecule has 0 aromatic carbocycles. The van der Waals surface area contributed by atoms with Crippen molar-refractivity contribution < 1.29 is 78.6 Å². The second-order valence-electron chi connectivity index (χ2n) is 25.5. The van der Waals surface area contributed by atoms with Crippen molar-refractivity contribution in [3.05, 3.63) is 6.20 Å². The lowest BCUT2D eigenvalue weighted by molar-refractivity contribution is -0.347. The smallest absolute Gasteiger partial charge is 0.306 e. The zero-order valence-corrected chi connectivity index (χ0v) is 56.6. The number of amides is 2. The van der Waals surface area contributed by atoms with E-state index in [0.29, 0.717) is 19.3 Å². The summed E-state index contributed by atoms with van der Waals surface area (Å²) in [7, 11) is 0. The van der Waals surface area contributed by atoms with E-state index in [0.717, 1.165) is 68.9 Å². The summed E-state index contributed by atoms with van der Waals surface area (Å²) in [5, 5.41) is 87.2. The molecule has 3 heterocycles. The zero-order chi connectivity index (χ0) is 65.4. The van der Waals surface area contributed by atoms with Gasteiger partial charge in [-0.25, -0.2) is 4.68 Å². The molecule has 524 valence electrons. The summed E-state index contributed by atoms with van der Waals surface area (Å²) in [5.41, 5.74) is 0. The van der Waals surface area contributed by atoms with E-state index >= 15 is 0 Å². The molecule has 0 saturated carbocycles. The molecule has 12 atom stereocenters. The van der Waals surface area contributed by atoms with Gasteiger partial charge < -0.3 is 70.1 Å². The highest BCUT2D eigenvalue weighted by atomic mass is 32.2. The van der Waals surface area contributed by atoms with Gasteiger partial charge in [-0.2, -0.15) is 11.8 Å². The van der Waals surface area contributed by atoms with Crippen molar-refractivity contribution in [1.29, 1.82) is 0 Å². The summed E-state index contributed by atoms with van der Waals surface area (Å²) in [4.78, 5) is 54.2. The topological polar surface area (TPSA) is 311 Å². The Labute approximate surface area is 544 Å². The highest BCUT2D eigenvalue weighted by Crippen LogP contribution is 2.33. The van der Waals surface area contributed by atoms with Crippen molar-refractivity contribution in [3.8, 4) is 0 Å². The van der Waals surface area contributed by atoms with Crippen molar-refractivity contribution in [2.24, 2.45) is 0 Å². The van der Waals surface area contributed by atoms with E-state index in [-0.39, 0.29) is 61.0 Å². The number of unbranched alkanes of at least 4 members (excludes halogenated alkanes) is 36. The van der Waals surface area contributed by atoms with Crippen LogP contribution in [0.2, 0.25) is 0 Å². The molecule has 9 N–H and O–H groups in total. The molecule has 0 radical (unpaired) electrons. The third kappa shape index (κ3) is 35.5. The Bertz CT molecular complexity index is 1960. The number of aliphatic hydroxyl groups is 7. The summed E-state index contributed by atoms with van der Waals surface area (Å²) in [6.07, 6.45) is 30.4. The summed E-state index contributed by atoms with van der Waals surface area (Å²) in [6, 6.07) is -1.12. The molecule has 9 unspecified atom stereocenters. The van der Waals surface area contributed by atoms with Crippen LogP contribution >= 0.6 is 11.8 Å². The lowest BCUT2D eigenvalue weighted by atomic mass is 9.96. The number of rotatable bonds is 57. The summed E-state index contributed by atoms with van der Waals surface area (Å²) < 4.78 is 29.7. The molecule has 22 heteroatoms. The maximum Gasteiger partial charge on any atom is 0.306 e. The van der Waals surface area contributed by atoms with Gasteiger partial charge in [0.2, 0.25) is 11.8 Å². The van der Waals surface area contributed by atoms with E-state index in [1.807, 2.05) is 0 Å². The van der Waals surface area contributed by atoms with Crippen LogP contribution in [0.5, 0.6) is 0 Å². The number of ether oxygens (including phenoxy) is 5. The highest BCUT2D eigenvalue weighted by molar-refractivity contribution is 7.99. The molecule has 21 nitrogen and oxygen atoms in total. The lowest BCUT2D eigenvalue weighted by Crippen LogP contribution is -2.63. The predicted octanol–water partition coefficient (Wildman–Crippen LogP) is 11.1. The third-order valence-electron chi connectivity index (χ3n) is 17.4. The first kappa shape index (κ1) is 81.2. The standard InChI is InChI=1S/C68H125N5O16S/c1-4-7-10-13-16-19-22-25-28-31-34-37-40-43-57(76)69-53(66(84)70-56-46-73(72-71-56)67-63(82)62(81)65(55(48-75)87-67)89-68-64(83)61(80)60(79)54(47-74)88-68)51-90-50-52(86-59(78)45-42-39-36-33-30-27-24-21-18-15-12-9-6-3)49-85-58(77)44-41-38-35-32-29-26-23-20-17-14-11-8-5-2/h46,52-55,60-65,67-68,74-75,79-83H,4-45,47-51H2,1-3H3,(H,69,76)(H,70,84)/t52-,53-,54?,55?,60?,61?,62?,63?,64?,65?,67-,68?/m1/s1. The Morgan fingerprint density at radius 3 is 1.41 bits per heavy atom. The second-order valence-corrected chi connectivity index (χ2v) is 26.6. The van der Waals surface area contributed by atoms with Crippen LogP contribution in [-0.2, 0) is 42.9 Å². The van der Waals surface area contributed by atoms with Crippen molar-refractivity contribution in [2.45, 2.75) is 364 Å². The predicted molar refractivity (Wildman–Crippen MR) is 351 cm³/mol. The van der Waals surface area contributed by atoms with E-state index in [9.17, 15) is 54.9 Å². The maximum absolute atomic E-state index is 14.2. The zero-order valence-electron chi connectivity index (χ0n) is 55.8. The van der Waals surface area contributed by atoms with E-state index < -0.39 is 92.6 Å². The minimum Gasteiger partial charge on any atom is -0.462 e. The fourth-order valence-electron chi connectivity index (χ4n) is 11.7. The van der Waals surface area contributed by atoms with Crippen molar-refractivity contribution >= 4 is 41.3 Å².